The summed E-state index contributed by atoms with van der Waals surface area (Å²) in [5.41, 5.74) is 0.391. The van der Waals surface area contributed by atoms with Gasteiger partial charge < -0.3 is 25.0 Å². The van der Waals surface area contributed by atoms with E-state index in [0.717, 1.165) is 24.8 Å². The Balaban J connectivity index is 2.64. The van der Waals surface area contributed by atoms with E-state index < -0.39 is 53.2 Å². The first-order valence-corrected chi connectivity index (χ1v) is 16.9. The highest BCUT2D eigenvalue weighted by molar-refractivity contribution is 5.94. The van der Waals surface area contributed by atoms with Crippen LogP contribution in [0.3, 0.4) is 0 Å². The van der Waals surface area contributed by atoms with E-state index in [1.165, 1.54) is 4.90 Å². The Labute approximate surface area is 287 Å². The molecule has 0 radical (unpaired) electrons. The summed E-state index contributed by atoms with van der Waals surface area (Å²) in [7, 11) is 0. The first-order chi connectivity index (χ1) is 22.5. The molecule has 3 unspecified atom stereocenters. The minimum Gasteiger partial charge on any atom is -0.458 e. The van der Waals surface area contributed by atoms with Crippen molar-refractivity contribution in [3.63, 3.8) is 0 Å². The zero-order chi connectivity index (χ0) is 36.1. The molecule has 0 aromatic heterocycles. The monoisotopic (exact) mass is 661 g/mol. The summed E-state index contributed by atoms with van der Waals surface area (Å²) in [6.45, 7) is 16.5. The summed E-state index contributed by atoms with van der Waals surface area (Å²) in [4.78, 5) is 57.0. The van der Waals surface area contributed by atoms with Crippen molar-refractivity contribution in [3.05, 3.63) is 71.3 Å². The third-order valence-electron chi connectivity index (χ3n) is 7.38. The number of carbonyl (C=O) groups excluding carboxylic acids is 4. The fourth-order valence-electron chi connectivity index (χ4n) is 5.10. The quantitative estimate of drug-likeness (QED) is 0.124. The molecule has 0 spiro atoms. The van der Waals surface area contributed by atoms with Crippen LogP contribution in [0.25, 0.3) is 0 Å². The minimum atomic E-state index is -1.15. The van der Waals surface area contributed by atoms with E-state index >= 15 is 0 Å². The van der Waals surface area contributed by atoms with Gasteiger partial charge in [-0.1, -0.05) is 88.4 Å². The van der Waals surface area contributed by atoms with Gasteiger partial charge >= 0.3 is 12.1 Å². The van der Waals surface area contributed by atoms with Gasteiger partial charge in [-0.3, -0.25) is 9.59 Å². The largest absolute Gasteiger partial charge is 0.458 e. The van der Waals surface area contributed by atoms with E-state index in [9.17, 15) is 19.2 Å². The molecule has 0 aliphatic carbocycles. The van der Waals surface area contributed by atoms with Gasteiger partial charge in [-0.15, -0.1) is 6.42 Å². The van der Waals surface area contributed by atoms with E-state index in [4.69, 9.17) is 15.9 Å². The molecule has 9 nitrogen and oxygen atoms in total. The molecule has 0 heterocycles. The number of nitrogens with zero attached hydrogens (tertiary/aromatic N) is 1. The standard InChI is InChI=1S/C39H55N3O6/c1-11-13-14-18-25-42(35(44)32(27(3)4)41-37(46)48-39(8,9)10)33(30-23-21-28(12-2)22-24-30)34(43)40-31(36(45)47-38(5,6)7)26-29-19-16-15-17-20-29/h2,15-17,19-24,27,31-33H,11,13-14,18,25-26H2,1,3-10H3,(H,40,43)(H,41,46). The molecule has 0 saturated heterocycles. The van der Waals surface area contributed by atoms with Gasteiger partial charge in [0.05, 0.1) is 0 Å². The molecule has 262 valence electrons. The zero-order valence-electron chi connectivity index (χ0n) is 30.2. The lowest BCUT2D eigenvalue weighted by Crippen LogP contribution is -2.56. The molecule has 3 amide bonds. The van der Waals surface area contributed by atoms with Crippen molar-refractivity contribution in [2.45, 2.75) is 124 Å². The number of amides is 3. The van der Waals surface area contributed by atoms with Crippen LogP contribution in [0.1, 0.15) is 111 Å². The van der Waals surface area contributed by atoms with Gasteiger partial charge in [0, 0.05) is 18.5 Å². The number of nitrogens with one attached hydrogen (secondary N) is 2. The van der Waals surface area contributed by atoms with Crippen LogP contribution < -0.4 is 10.6 Å². The van der Waals surface area contributed by atoms with Crippen LogP contribution in [0.5, 0.6) is 0 Å². The number of hydrogen-bond donors (Lipinski definition) is 2. The lowest BCUT2D eigenvalue weighted by Gasteiger charge is -2.36. The van der Waals surface area contributed by atoms with Crippen LogP contribution in [-0.4, -0.2) is 58.6 Å². The minimum absolute atomic E-state index is 0.184. The van der Waals surface area contributed by atoms with Crippen molar-refractivity contribution >= 4 is 23.9 Å². The maximum atomic E-state index is 14.5. The highest BCUT2D eigenvalue weighted by Crippen LogP contribution is 2.26. The van der Waals surface area contributed by atoms with E-state index in [-0.39, 0.29) is 18.9 Å². The zero-order valence-corrected chi connectivity index (χ0v) is 30.2. The van der Waals surface area contributed by atoms with Gasteiger partial charge in [0.1, 0.15) is 29.3 Å². The number of benzene rings is 2. The van der Waals surface area contributed by atoms with Crippen LogP contribution in [0.2, 0.25) is 0 Å². The van der Waals surface area contributed by atoms with Crippen molar-refractivity contribution < 1.29 is 28.7 Å². The van der Waals surface area contributed by atoms with E-state index in [1.807, 2.05) is 44.2 Å². The number of alkyl carbamates (subject to hydrolysis) is 1. The van der Waals surface area contributed by atoms with Crippen LogP contribution in [-0.2, 0) is 30.3 Å². The summed E-state index contributed by atoms with van der Waals surface area (Å²) >= 11 is 0. The van der Waals surface area contributed by atoms with Gasteiger partial charge in [-0.05, 0) is 77.1 Å². The fourth-order valence-corrected chi connectivity index (χ4v) is 5.10. The van der Waals surface area contributed by atoms with Crippen LogP contribution in [0.15, 0.2) is 54.6 Å². The Hall–Kier alpha value is -4.32. The fraction of sp³-hybridized carbons (Fsp3) is 0.538. The van der Waals surface area contributed by atoms with E-state index in [2.05, 4.69) is 23.5 Å². The molecule has 0 aliphatic heterocycles. The number of ether oxygens (including phenoxy) is 2. The molecular formula is C39H55N3O6. The Morgan fingerprint density at radius 2 is 1.44 bits per heavy atom. The molecule has 2 N–H and O–H groups in total. The Morgan fingerprint density at radius 3 is 1.96 bits per heavy atom. The molecule has 2 aromatic carbocycles. The van der Waals surface area contributed by atoms with Crippen LogP contribution in [0.4, 0.5) is 4.79 Å². The number of esters is 1. The highest BCUT2D eigenvalue weighted by atomic mass is 16.6. The first-order valence-electron chi connectivity index (χ1n) is 16.9. The van der Waals surface area contributed by atoms with Crippen LogP contribution in [0, 0.1) is 18.3 Å². The van der Waals surface area contributed by atoms with Crippen LogP contribution >= 0.6 is 0 Å². The van der Waals surface area contributed by atoms with Crippen molar-refractivity contribution in [1.82, 2.24) is 15.5 Å². The van der Waals surface area contributed by atoms with Crippen molar-refractivity contribution in [3.8, 4) is 12.3 Å². The molecule has 2 rings (SSSR count). The maximum absolute atomic E-state index is 14.5. The normalized spacial score (nSPS) is 13.4. The molecule has 9 heteroatoms. The molecule has 2 aromatic rings. The third kappa shape index (κ3) is 13.4. The Bertz CT molecular complexity index is 1380. The second-order valence-corrected chi connectivity index (χ2v) is 14.4. The second-order valence-electron chi connectivity index (χ2n) is 14.4. The van der Waals surface area contributed by atoms with E-state index in [1.54, 1.807) is 65.8 Å². The third-order valence-corrected chi connectivity index (χ3v) is 7.38. The maximum Gasteiger partial charge on any atom is 0.408 e. The number of unbranched alkanes of at least 4 members (excludes halogenated alkanes) is 3. The average molecular weight is 662 g/mol. The average Bonchev–Trinajstić information content (AvgIpc) is 2.99. The number of terminal acetylenes is 1. The molecular weight excluding hydrogens is 606 g/mol. The summed E-state index contributed by atoms with van der Waals surface area (Å²) in [6.07, 6.45) is 8.49. The second kappa shape index (κ2) is 18.3. The van der Waals surface area contributed by atoms with Crippen molar-refractivity contribution in [2.24, 2.45) is 5.92 Å². The predicted molar refractivity (Wildman–Crippen MR) is 189 cm³/mol. The van der Waals surface area contributed by atoms with Gasteiger partial charge in [-0.2, -0.15) is 0 Å². The Kier molecular flexibility index (Phi) is 15.2. The number of carbonyl (C=O) groups is 4. The highest BCUT2D eigenvalue weighted by Gasteiger charge is 2.39. The molecule has 48 heavy (non-hydrogen) atoms. The topological polar surface area (TPSA) is 114 Å². The number of hydrogen-bond acceptors (Lipinski definition) is 6. The summed E-state index contributed by atoms with van der Waals surface area (Å²) in [5, 5.41) is 5.68. The van der Waals surface area contributed by atoms with Crippen molar-refractivity contribution in [2.75, 3.05) is 6.54 Å². The summed E-state index contributed by atoms with van der Waals surface area (Å²) < 4.78 is 11.2. The van der Waals surface area contributed by atoms with Gasteiger partial charge in [0.15, 0.2) is 0 Å². The van der Waals surface area contributed by atoms with Gasteiger partial charge in [0.2, 0.25) is 11.8 Å². The first kappa shape index (κ1) is 39.9. The van der Waals surface area contributed by atoms with Crippen molar-refractivity contribution in [1.29, 1.82) is 0 Å². The summed E-state index contributed by atoms with van der Waals surface area (Å²) in [5.74, 6) is 0.673. The molecule has 0 bridgehead atoms. The molecule has 0 fully saturated rings. The Morgan fingerprint density at radius 1 is 0.833 bits per heavy atom. The summed E-state index contributed by atoms with van der Waals surface area (Å²) in [6, 6.07) is 13.0. The molecule has 0 saturated carbocycles. The van der Waals surface area contributed by atoms with E-state index in [0.29, 0.717) is 17.5 Å². The lowest BCUT2D eigenvalue weighted by atomic mass is 9.97. The lowest BCUT2D eigenvalue weighted by molar-refractivity contribution is -0.159. The predicted octanol–water partition coefficient (Wildman–Crippen LogP) is 6.74. The SMILES string of the molecule is C#Cc1ccc(C(C(=O)NC(Cc2ccccc2)C(=O)OC(C)(C)C)N(CCCCCC)C(=O)C(NC(=O)OC(C)(C)C)C(C)C)cc1. The van der Waals surface area contributed by atoms with Gasteiger partial charge in [0.25, 0.3) is 0 Å². The smallest absolute Gasteiger partial charge is 0.408 e. The number of rotatable bonds is 15. The van der Waals surface area contributed by atoms with Gasteiger partial charge in [-0.25, -0.2) is 9.59 Å². The molecule has 0 aliphatic rings. The molecule has 3 atom stereocenters.